The highest BCUT2D eigenvalue weighted by molar-refractivity contribution is 6.52. The Balaban J connectivity index is 3.02. The zero-order chi connectivity index (χ0) is 31.0. The van der Waals surface area contributed by atoms with Gasteiger partial charge >= 0.3 is 0 Å². The maximum Gasteiger partial charge on any atom is 0.286 e. The minimum Gasteiger partial charge on any atom is -0.449 e. The van der Waals surface area contributed by atoms with Crippen LogP contribution < -0.4 is 0 Å². The van der Waals surface area contributed by atoms with E-state index in [9.17, 15) is 0 Å². The van der Waals surface area contributed by atoms with Crippen molar-refractivity contribution in [2.75, 3.05) is 0 Å². The Hall–Kier alpha value is 3.93. The van der Waals surface area contributed by atoms with Crippen LogP contribution in [0, 0.1) is 0 Å². The summed E-state index contributed by atoms with van der Waals surface area (Å²) in [5, 5.41) is 0. The van der Waals surface area contributed by atoms with E-state index in [1.165, 1.54) is 0 Å². The van der Waals surface area contributed by atoms with Crippen LogP contribution in [-0.2, 0) is 86.4 Å². The van der Waals surface area contributed by atoms with Crippen LogP contribution in [0.1, 0.15) is 0 Å². The Labute approximate surface area is 305 Å². The molecule has 0 aliphatic heterocycles. The molecule has 0 saturated carbocycles. The van der Waals surface area contributed by atoms with Crippen molar-refractivity contribution in [2.24, 2.45) is 0 Å². The van der Waals surface area contributed by atoms with Crippen LogP contribution in [0.25, 0.3) is 0 Å². The highest BCUT2D eigenvalue weighted by Crippen LogP contribution is 1.81. The molecule has 0 aromatic heterocycles. The van der Waals surface area contributed by atoms with Gasteiger partial charge < -0.3 is 86.4 Å². The van der Waals surface area contributed by atoms with Crippen LogP contribution in [0.2, 0.25) is 0 Å². The second-order valence-corrected chi connectivity index (χ2v) is 47.2. The van der Waals surface area contributed by atoms with Gasteiger partial charge in [-0.1, -0.05) is 0 Å². The molecule has 260 valence electrons. The van der Waals surface area contributed by atoms with Crippen molar-refractivity contribution < 1.29 is 86.4 Å². The first-order valence-electron chi connectivity index (χ1n) is 12.4. The molecule has 0 rings (SSSR count). The van der Waals surface area contributed by atoms with Crippen molar-refractivity contribution >= 4 is 221 Å². The van der Waals surface area contributed by atoms with E-state index in [4.69, 9.17) is 86.4 Å². The number of hydrogen-bond acceptors (Lipinski definition) is 21. The van der Waals surface area contributed by atoms with Gasteiger partial charge in [-0.05, 0) is 0 Å². The second-order valence-electron chi connectivity index (χ2n) is 6.81. The lowest BCUT2D eigenvalue weighted by atomic mass is 15.7. The lowest BCUT2D eigenvalue weighted by Gasteiger charge is -2.09. The molecule has 0 aromatic rings. The van der Waals surface area contributed by atoms with Gasteiger partial charge in [0.05, 0.1) is 0 Å². The first kappa shape index (κ1) is 46.9. The van der Waals surface area contributed by atoms with Gasteiger partial charge in [-0.2, -0.15) is 0 Å². The smallest absolute Gasteiger partial charge is 0.286 e. The van der Waals surface area contributed by atoms with Crippen molar-refractivity contribution in [3.63, 3.8) is 0 Å². The fourth-order valence-electron chi connectivity index (χ4n) is 1.87. The minimum absolute atomic E-state index is 0.734. The van der Waals surface area contributed by atoms with E-state index in [2.05, 4.69) is 0 Å². The molecule has 21 nitrogen and oxygen atoms in total. The maximum atomic E-state index is 5.49. The number of hydrogen-bond donors (Lipinski definition) is 0. The van der Waals surface area contributed by atoms with Gasteiger partial charge in [-0.25, -0.2) is 0 Å². The Morgan fingerprint density at radius 2 is 0.256 bits per heavy atom. The van der Waals surface area contributed by atoms with Crippen molar-refractivity contribution in [2.45, 2.75) is 0 Å². The van der Waals surface area contributed by atoms with Crippen LogP contribution >= 0.6 is 0 Å². The number of rotatable bonds is 40. The van der Waals surface area contributed by atoms with Crippen molar-refractivity contribution in [3.05, 3.63) is 0 Å². The van der Waals surface area contributed by atoms with E-state index in [-0.39, 0.29) is 0 Å². The fourth-order valence-corrected chi connectivity index (χ4v) is 39.0. The molecule has 0 aromatic carbocycles. The van der Waals surface area contributed by atoms with Crippen molar-refractivity contribution in [1.29, 1.82) is 0 Å². The summed E-state index contributed by atoms with van der Waals surface area (Å²) < 4.78 is 113. The van der Waals surface area contributed by atoms with E-state index in [1.807, 2.05) is 0 Å². The average Bonchev–Trinajstić information content (AvgIpc) is 3.02. The SMILES string of the molecule is [SiH3]O[SiH2]O[SiH2]O[SiH2]O[SiH2]O[SiH2]O[SiH2]O[SiH2]O[SiH2]O[SiH2]O[SiH2]O[SiH2]O[SiH2]O[SiH2]O[SiH2]O[SiH2]O[SiH2]O[SiH2]O[SiH2]O[SiH2]O[SiH2]O[SiH3]. The largest absolute Gasteiger partial charge is 0.449 e. The summed E-state index contributed by atoms with van der Waals surface area (Å²) in [5.41, 5.74) is 0. The molecular weight excluding hydrogens is 954 g/mol. The molecule has 43 heteroatoms. The Morgan fingerprint density at radius 1 is 0.163 bits per heavy atom. The molecule has 0 aliphatic rings. The second kappa shape index (κ2) is 45.9. The van der Waals surface area contributed by atoms with Crippen LogP contribution in [0.4, 0.5) is 0 Å². The fraction of sp³-hybridized carbons (Fsp3) is 0. The molecule has 0 heterocycles. The molecule has 0 N–H and O–H groups in total. The molecule has 0 fully saturated rings. The summed E-state index contributed by atoms with van der Waals surface area (Å²) >= 11 is 0. The molecular formula is H46O21Si22. The van der Waals surface area contributed by atoms with Gasteiger partial charge in [0.25, 0.3) is 200 Å². The molecule has 0 atom stereocenters. The van der Waals surface area contributed by atoms with Gasteiger partial charge in [0.1, 0.15) is 21.0 Å². The predicted molar refractivity (Wildman–Crippen MR) is 214 cm³/mol. The van der Waals surface area contributed by atoms with Crippen LogP contribution in [0.15, 0.2) is 0 Å². The van der Waals surface area contributed by atoms with Crippen LogP contribution in [0.5, 0.6) is 0 Å². The summed E-state index contributed by atoms with van der Waals surface area (Å²) in [6, 6.07) is 0. The highest BCUT2D eigenvalue weighted by atomic mass is 28.4. The average molecular weight is 1000 g/mol. The van der Waals surface area contributed by atoms with Crippen LogP contribution in [-0.4, -0.2) is 221 Å². The standard InChI is InChI=1S/H46O21Si22/c22-1-24-3-26-5-28-7-30-9-32-11-34-13-36-15-38-17-40-19-42-21-43-20-41-18-39-16-37-14-35-12-33-10-31-8-29-6-27-4-25-2-23/h24-43H2,22-23H3. The van der Waals surface area contributed by atoms with Gasteiger partial charge in [0.2, 0.25) is 0 Å². The molecule has 0 amide bonds. The summed E-state index contributed by atoms with van der Waals surface area (Å²) in [7, 11) is -18.1. The zero-order valence-electron chi connectivity index (χ0n) is 24.7. The summed E-state index contributed by atoms with van der Waals surface area (Å²) in [5.74, 6) is 0. The van der Waals surface area contributed by atoms with E-state index >= 15 is 0 Å². The van der Waals surface area contributed by atoms with E-state index in [0.29, 0.717) is 0 Å². The summed E-state index contributed by atoms with van der Waals surface area (Å²) in [4.78, 5) is 0. The van der Waals surface area contributed by atoms with E-state index in [1.54, 1.807) is 0 Å². The quantitative estimate of drug-likeness (QED) is 0.0415. The molecule has 0 radical (unpaired) electrons. The highest BCUT2D eigenvalue weighted by Gasteiger charge is 1.99. The van der Waals surface area contributed by atoms with Gasteiger partial charge in [0, 0.05) is 0 Å². The van der Waals surface area contributed by atoms with Crippen LogP contribution in [0.3, 0.4) is 0 Å². The topological polar surface area (TPSA) is 194 Å². The molecule has 0 unspecified atom stereocenters. The van der Waals surface area contributed by atoms with Crippen molar-refractivity contribution in [3.8, 4) is 0 Å². The first-order chi connectivity index (χ1) is 21.4. The summed E-state index contributed by atoms with van der Waals surface area (Å²) in [6.07, 6.45) is 0. The van der Waals surface area contributed by atoms with Gasteiger partial charge in [-0.3, -0.25) is 0 Å². The molecule has 0 bridgehead atoms. The third-order valence-corrected chi connectivity index (χ3v) is 30.6. The molecule has 0 aliphatic carbocycles. The monoisotopic (exact) mass is 998 g/mol. The Bertz CT molecular complexity index is 442. The first-order valence-corrected chi connectivity index (χ1v) is 37.1. The third-order valence-electron chi connectivity index (χ3n) is 3.40. The zero-order valence-corrected chi connectivity index (χ0v) is 57.0. The maximum absolute atomic E-state index is 5.49. The van der Waals surface area contributed by atoms with Gasteiger partial charge in [0.15, 0.2) is 0 Å². The predicted octanol–water partition coefficient (Wildman–Crippen LogP) is -22.1. The third kappa shape index (κ3) is 45.9. The molecule has 43 heavy (non-hydrogen) atoms. The Kier molecular flexibility index (Phi) is 50.1. The lowest BCUT2D eigenvalue weighted by molar-refractivity contribution is 0.355. The van der Waals surface area contributed by atoms with Gasteiger partial charge in [-0.15, -0.1) is 0 Å². The summed E-state index contributed by atoms with van der Waals surface area (Å²) in [6.45, 7) is 0. The Morgan fingerprint density at radius 3 is 0.349 bits per heavy atom. The van der Waals surface area contributed by atoms with E-state index < -0.39 is 200 Å². The molecule has 0 spiro atoms. The lowest BCUT2D eigenvalue weighted by Crippen LogP contribution is -2.22. The normalized spacial score (nSPS) is 17.3. The minimum atomic E-state index is -1.04. The van der Waals surface area contributed by atoms with Crippen molar-refractivity contribution in [1.82, 2.24) is 0 Å². The van der Waals surface area contributed by atoms with E-state index in [0.717, 1.165) is 21.0 Å². The molecule has 0 saturated heterocycles.